The molecular weight excluding hydrogens is 288 g/mol. The Balaban J connectivity index is 1.74. The lowest BCUT2D eigenvalue weighted by atomic mass is 9.85. The predicted molar refractivity (Wildman–Crippen MR) is 71.5 cm³/mol. The van der Waals surface area contributed by atoms with E-state index < -0.39 is 29.8 Å². The van der Waals surface area contributed by atoms with Crippen LogP contribution in [0, 0.1) is 5.92 Å². The first kappa shape index (κ1) is 12.7. The lowest BCUT2D eigenvalue weighted by Gasteiger charge is -2.15. The smallest absolute Gasteiger partial charge is 0.346 e. The molecule has 1 saturated heterocycles. The summed E-state index contributed by atoms with van der Waals surface area (Å²) in [5.41, 5.74) is 2.28. The zero-order valence-corrected chi connectivity index (χ0v) is 11.1. The van der Waals surface area contributed by atoms with Crippen molar-refractivity contribution in [3.63, 3.8) is 0 Å². The molecule has 1 fully saturated rings. The van der Waals surface area contributed by atoms with E-state index in [1.165, 1.54) is 6.07 Å². The van der Waals surface area contributed by atoms with Crippen LogP contribution in [0.2, 0.25) is 0 Å². The van der Waals surface area contributed by atoms with Gasteiger partial charge in [-0.25, -0.2) is 14.4 Å². The molecule has 1 aromatic carbocycles. The summed E-state index contributed by atoms with van der Waals surface area (Å²) < 4.78 is 9.15. The van der Waals surface area contributed by atoms with Gasteiger partial charge in [-0.2, -0.15) is 0 Å². The molecule has 1 unspecified atom stereocenters. The van der Waals surface area contributed by atoms with Crippen LogP contribution < -0.4 is 0 Å². The van der Waals surface area contributed by atoms with E-state index in [1.54, 1.807) is 24.3 Å². The van der Waals surface area contributed by atoms with Crippen molar-refractivity contribution >= 4 is 29.5 Å². The number of esters is 4. The van der Waals surface area contributed by atoms with E-state index in [0.717, 1.165) is 5.57 Å². The predicted octanol–water partition coefficient (Wildman–Crippen LogP) is 1.41. The molecule has 0 bridgehead atoms. The Bertz CT molecular complexity index is 842. The van der Waals surface area contributed by atoms with Crippen LogP contribution in [-0.4, -0.2) is 23.9 Å². The molecule has 1 aliphatic carbocycles. The van der Waals surface area contributed by atoms with E-state index in [4.69, 9.17) is 0 Å². The van der Waals surface area contributed by atoms with Crippen LogP contribution >= 0.6 is 0 Å². The molecule has 6 nitrogen and oxygen atoms in total. The molecule has 0 radical (unpaired) electrons. The third-order valence-corrected chi connectivity index (χ3v) is 3.99. The number of carbonyl (C=O) groups excluding carboxylic acids is 4. The van der Waals surface area contributed by atoms with Crippen molar-refractivity contribution in [1.29, 1.82) is 0 Å². The Morgan fingerprint density at radius 2 is 1.64 bits per heavy atom. The minimum Gasteiger partial charge on any atom is -0.389 e. The van der Waals surface area contributed by atoms with Gasteiger partial charge in [-0.1, -0.05) is 18.2 Å². The summed E-state index contributed by atoms with van der Waals surface area (Å²) in [7, 11) is 0. The zero-order chi connectivity index (χ0) is 15.4. The number of allylic oxidation sites excluding steroid dienone is 3. The number of carbonyl (C=O) groups is 4. The largest absolute Gasteiger partial charge is 0.389 e. The molecule has 0 spiro atoms. The van der Waals surface area contributed by atoms with Gasteiger partial charge in [0.2, 0.25) is 0 Å². The van der Waals surface area contributed by atoms with Gasteiger partial charge in [-0.15, -0.1) is 0 Å². The van der Waals surface area contributed by atoms with Crippen LogP contribution in [0.5, 0.6) is 0 Å². The Hall–Kier alpha value is -3.02. The Labute approximate surface area is 124 Å². The third-order valence-electron chi connectivity index (χ3n) is 3.99. The number of benzene rings is 1. The number of ether oxygens (including phenoxy) is 2. The van der Waals surface area contributed by atoms with Crippen molar-refractivity contribution in [2.75, 3.05) is 0 Å². The molecule has 22 heavy (non-hydrogen) atoms. The summed E-state index contributed by atoms with van der Waals surface area (Å²) in [5.74, 6) is -3.10. The van der Waals surface area contributed by atoms with Crippen LogP contribution in [0.15, 0.2) is 35.9 Å². The summed E-state index contributed by atoms with van der Waals surface area (Å²) in [6, 6.07) is 4.77. The van der Waals surface area contributed by atoms with Gasteiger partial charge in [-0.05, 0) is 29.7 Å². The zero-order valence-electron chi connectivity index (χ0n) is 11.1. The molecule has 108 valence electrons. The van der Waals surface area contributed by atoms with E-state index >= 15 is 0 Å². The number of fused-ring (bicyclic) bond motifs is 2. The first-order valence-corrected chi connectivity index (χ1v) is 6.62. The van der Waals surface area contributed by atoms with Gasteiger partial charge < -0.3 is 9.47 Å². The molecule has 3 aliphatic rings. The van der Waals surface area contributed by atoms with Crippen LogP contribution in [0.3, 0.4) is 0 Å². The van der Waals surface area contributed by atoms with Gasteiger partial charge in [0.25, 0.3) is 0 Å². The summed E-state index contributed by atoms with van der Waals surface area (Å²) >= 11 is 0. The van der Waals surface area contributed by atoms with E-state index in [2.05, 4.69) is 9.47 Å². The minimum atomic E-state index is -0.676. The molecule has 0 aromatic heterocycles. The second kappa shape index (κ2) is 4.24. The van der Waals surface area contributed by atoms with Crippen LogP contribution in [0.4, 0.5) is 0 Å². The highest BCUT2D eigenvalue weighted by atomic mass is 16.6. The Morgan fingerprint density at radius 1 is 0.864 bits per heavy atom. The quantitative estimate of drug-likeness (QED) is 0.575. The number of hydrogen-bond acceptors (Lipinski definition) is 6. The van der Waals surface area contributed by atoms with Gasteiger partial charge in [-0.3, -0.25) is 4.79 Å². The fraction of sp³-hybridized carbons (Fsp3) is 0.125. The number of rotatable bonds is 1. The number of cyclic esters (lactones) is 4. The molecule has 6 heteroatoms. The molecule has 1 aromatic rings. The lowest BCUT2D eigenvalue weighted by molar-refractivity contribution is -0.152. The number of hydrogen-bond donors (Lipinski definition) is 0. The van der Waals surface area contributed by atoms with E-state index in [-0.39, 0.29) is 11.1 Å². The lowest BCUT2D eigenvalue weighted by Crippen LogP contribution is -2.12. The summed E-state index contributed by atoms with van der Waals surface area (Å²) in [4.78, 5) is 46.1. The summed E-state index contributed by atoms with van der Waals surface area (Å²) in [5, 5.41) is 0. The SMILES string of the molecule is O=C1OC(=O)C2CC(c3ccc4c(c3)C(=O)OC4=O)=CC=C12. The second-order valence-corrected chi connectivity index (χ2v) is 5.22. The first-order valence-electron chi connectivity index (χ1n) is 6.62. The monoisotopic (exact) mass is 296 g/mol. The maximum atomic E-state index is 11.6. The highest BCUT2D eigenvalue weighted by molar-refractivity contribution is 6.15. The molecular formula is C16H8O6. The van der Waals surface area contributed by atoms with Gasteiger partial charge in [0.15, 0.2) is 0 Å². The second-order valence-electron chi connectivity index (χ2n) is 5.22. The van der Waals surface area contributed by atoms with Gasteiger partial charge in [0.1, 0.15) is 0 Å². The molecule has 0 N–H and O–H groups in total. The van der Waals surface area contributed by atoms with Gasteiger partial charge in [0, 0.05) is 0 Å². The van der Waals surface area contributed by atoms with Crippen LogP contribution in [-0.2, 0) is 19.1 Å². The Kier molecular flexibility index (Phi) is 2.45. The van der Waals surface area contributed by atoms with E-state index in [1.807, 2.05) is 0 Å². The van der Waals surface area contributed by atoms with Gasteiger partial charge in [0.05, 0.1) is 22.6 Å². The summed E-state index contributed by atoms with van der Waals surface area (Å²) in [6.45, 7) is 0. The molecule has 2 aliphatic heterocycles. The Morgan fingerprint density at radius 3 is 2.45 bits per heavy atom. The topological polar surface area (TPSA) is 86.7 Å². The minimum absolute atomic E-state index is 0.211. The molecule has 0 amide bonds. The van der Waals surface area contributed by atoms with Crippen molar-refractivity contribution in [1.82, 2.24) is 0 Å². The van der Waals surface area contributed by atoms with Gasteiger partial charge >= 0.3 is 23.9 Å². The van der Waals surface area contributed by atoms with Crippen molar-refractivity contribution in [2.45, 2.75) is 6.42 Å². The van der Waals surface area contributed by atoms with Crippen molar-refractivity contribution in [3.05, 3.63) is 52.6 Å². The average molecular weight is 296 g/mol. The standard InChI is InChI=1S/C16H8O6/c17-13-9-3-1-7(5-11(9)15(19)21-13)8-2-4-10-12(6-8)16(20)22-14(10)18/h1-5,12H,6H2. The van der Waals surface area contributed by atoms with E-state index in [9.17, 15) is 19.2 Å². The van der Waals surface area contributed by atoms with E-state index in [0.29, 0.717) is 17.6 Å². The highest BCUT2D eigenvalue weighted by Crippen LogP contribution is 2.37. The van der Waals surface area contributed by atoms with Crippen molar-refractivity contribution in [3.8, 4) is 0 Å². The molecule has 0 saturated carbocycles. The molecule has 2 heterocycles. The summed E-state index contributed by atoms with van der Waals surface area (Å²) in [6.07, 6.45) is 3.60. The molecule has 4 rings (SSSR count). The fourth-order valence-electron chi connectivity index (χ4n) is 2.85. The van der Waals surface area contributed by atoms with Crippen molar-refractivity contribution < 1.29 is 28.7 Å². The van der Waals surface area contributed by atoms with Crippen molar-refractivity contribution in [2.24, 2.45) is 5.92 Å². The normalized spacial score (nSPS) is 22.6. The van der Waals surface area contributed by atoms with Crippen LogP contribution in [0.25, 0.3) is 5.57 Å². The maximum Gasteiger partial charge on any atom is 0.346 e. The van der Waals surface area contributed by atoms with Crippen LogP contribution in [0.1, 0.15) is 32.7 Å². The fourth-order valence-corrected chi connectivity index (χ4v) is 2.85. The highest BCUT2D eigenvalue weighted by Gasteiger charge is 2.41. The maximum absolute atomic E-state index is 11.6. The third kappa shape index (κ3) is 1.67. The average Bonchev–Trinajstić information content (AvgIpc) is 2.96. The first-order chi connectivity index (χ1) is 10.5. The molecule has 1 atom stereocenters.